The van der Waals surface area contributed by atoms with Crippen molar-refractivity contribution in [1.29, 1.82) is 0 Å². The van der Waals surface area contributed by atoms with Crippen LogP contribution in [0.5, 0.6) is 0 Å². The number of aryl methyl sites for hydroxylation is 2. The number of amides is 2. The number of fused-ring (bicyclic) bond motifs is 1. The lowest BCUT2D eigenvalue weighted by atomic mass is 10.2. The van der Waals surface area contributed by atoms with E-state index < -0.39 is 11.7 Å². The van der Waals surface area contributed by atoms with Gasteiger partial charge in [-0.15, -0.1) is 21.5 Å². The molecule has 172 valence electrons. The van der Waals surface area contributed by atoms with Gasteiger partial charge >= 0.3 is 0 Å². The summed E-state index contributed by atoms with van der Waals surface area (Å²) in [6.45, 7) is 3.45. The minimum Gasteiger partial charge on any atom is -0.328 e. The molecule has 0 spiro atoms. The zero-order chi connectivity index (χ0) is 22.9. The average molecular weight is 468 g/mol. The van der Waals surface area contributed by atoms with E-state index in [4.69, 9.17) is 0 Å². The monoisotopic (exact) mass is 467 g/mol. The zero-order valence-electron chi connectivity index (χ0n) is 18.5. The highest BCUT2D eigenvalue weighted by Crippen LogP contribution is 2.36. The van der Waals surface area contributed by atoms with Crippen molar-refractivity contribution in [3.8, 4) is 0 Å². The van der Waals surface area contributed by atoms with Crippen LogP contribution >= 0.6 is 11.3 Å². The predicted molar refractivity (Wildman–Crippen MR) is 124 cm³/mol. The number of thiophene rings is 1. The molecule has 0 radical (unpaired) electrons. The van der Waals surface area contributed by atoms with Crippen LogP contribution in [0.1, 0.15) is 75.4 Å². The Morgan fingerprint density at radius 2 is 2.00 bits per heavy atom. The Morgan fingerprint density at radius 3 is 2.85 bits per heavy atom. The van der Waals surface area contributed by atoms with E-state index in [1.807, 2.05) is 11.8 Å². The molecular weight excluding hydrogens is 441 g/mol. The second-order valence-electron chi connectivity index (χ2n) is 8.68. The summed E-state index contributed by atoms with van der Waals surface area (Å²) in [7, 11) is 0. The maximum atomic E-state index is 13.5. The van der Waals surface area contributed by atoms with E-state index in [2.05, 4.69) is 20.1 Å². The van der Waals surface area contributed by atoms with Gasteiger partial charge in [0.25, 0.3) is 11.8 Å². The highest BCUT2D eigenvalue weighted by molar-refractivity contribution is 7.18. The van der Waals surface area contributed by atoms with Crippen molar-refractivity contribution in [3.63, 3.8) is 0 Å². The van der Waals surface area contributed by atoms with Crippen molar-refractivity contribution in [1.82, 2.24) is 19.7 Å². The van der Waals surface area contributed by atoms with E-state index in [-0.39, 0.29) is 17.5 Å². The fourth-order valence-corrected chi connectivity index (χ4v) is 5.76. The fourth-order valence-electron chi connectivity index (χ4n) is 4.73. The molecule has 1 aromatic carbocycles. The third-order valence-electron chi connectivity index (χ3n) is 6.39. The topological polar surface area (TPSA) is 80.1 Å². The lowest BCUT2D eigenvalue weighted by Gasteiger charge is -2.24. The first kappa shape index (κ1) is 21.8. The molecule has 1 fully saturated rings. The van der Waals surface area contributed by atoms with E-state index in [0.29, 0.717) is 16.4 Å². The number of nitrogens with zero attached hydrogens (tertiary/aromatic N) is 4. The highest BCUT2D eigenvalue weighted by Gasteiger charge is 2.36. The molecule has 1 unspecified atom stereocenters. The Kier molecular flexibility index (Phi) is 5.97. The highest BCUT2D eigenvalue weighted by atomic mass is 32.1. The first-order chi connectivity index (χ1) is 16.0. The van der Waals surface area contributed by atoms with Crippen molar-refractivity contribution in [2.75, 3.05) is 11.9 Å². The lowest BCUT2D eigenvalue weighted by Crippen LogP contribution is -2.32. The summed E-state index contributed by atoms with van der Waals surface area (Å²) in [4.78, 5) is 28.5. The molecule has 9 heteroatoms. The van der Waals surface area contributed by atoms with Crippen LogP contribution in [0, 0.1) is 12.7 Å². The number of benzene rings is 1. The number of anilines is 1. The minimum absolute atomic E-state index is 0.0442. The van der Waals surface area contributed by atoms with Gasteiger partial charge in [-0.2, -0.15) is 0 Å². The maximum absolute atomic E-state index is 13.5. The average Bonchev–Trinajstić information content (AvgIpc) is 3.48. The lowest BCUT2D eigenvalue weighted by molar-refractivity contribution is 0.0731. The van der Waals surface area contributed by atoms with Crippen molar-refractivity contribution < 1.29 is 14.0 Å². The molecule has 1 saturated heterocycles. The van der Waals surface area contributed by atoms with E-state index in [0.717, 1.165) is 55.9 Å². The molecule has 1 atom stereocenters. The van der Waals surface area contributed by atoms with E-state index in [1.165, 1.54) is 36.0 Å². The number of hydrogen-bond acceptors (Lipinski definition) is 5. The number of rotatable bonds is 4. The third-order valence-corrected chi connectivity index (χ3v) is 7.53. The Morgan fingerprint density at radius 1 is 1.12 bits per heavy atom. The van der Waals surface area contributed by atoms with Crippen LogP contribution < -0.4 is 5.32 Å². The normalized spacial score (nSPS) is 18.1. The molecular formula is C24H26FN5O2S. The molecule has 33 heavy (non-hydrogen) atoms. The first-order valence-corrected chi connectivity index (χ1v) is 12.2. The van der Waals surface area contributed by atoms with Gasteiger partial charge in [-0.05, 0) is 62.4 Å². The molecule has 5 rings (SSSR count). The Balaban J connectivity index is 1.36. The van der Waals surface area contributed by atoms with E-state index in [9.17, 15) is 14.0 Å². The summed E-state index contributed by atoms with van der Waals surface area (Å²) in [6, 6.07) is 7.26. The SMILES string of the molecule is Cc1cc(NC(=O)c2cccc(F)c2)sc1C(=O)N1CCCC1c1nnc2n1CCCCC2. The molecule has 0 saturated carbocycles. The smallest absolute Gasteiger partial charge is 0.264 e. The Labute approximate surface area is 195 Å². The summed E-state index contributed by atoms with van der Waals surface area (Å²) in [6.07, 6.45) is 6.16. The molecule has 2 amide bonds. The van der Waals surface area contributed by atoms with Gasteiger partial charge in [0, 0.05) is 25.1 Å². The van der Waals surface area contributed by atoms with Gasteiger partial charge in [-0.1, -0.05) is 12.5 Å². The second kappa shape index (κ2) is 9.05. The van der Waals surface area contributed by atoms with Gasteiger partial charge in [0.1, 0.15) is 11.6 Å². The van der Waals surface area contributed by atoms with Gasteiger partial charge in [0.15, 0.2) is 5.82 Å². The number of nitrogens with one attached hydrogen (secondary N) is 1. The molecule has 2 aromatic heterocycles. The number of likely N-dealkylation sites (tertiary alicyclic amines) is 1. The van der Waals surface area contributed by atoms with Crippen LogP contribution in [0.25, 0.3) is 0 Å². The van der Waals surface area contributed by atoms with E-state index >= 15 is 0 Å². The number of halogens is 1. The van der Waals surface area contributed by atoms with E-state index in [1.54, 1.807) is 12.1 Å². The molecule has 2 aliphatic heterocycles. The van der Waals surface area contributed by atoms with Gasteiger partial charge in [0.2, 0.25) is 0 Å². The molecule has 4 heterocycles. The van der Waals surface area contributed by atoms with Crippen LogP contribution in [0.3, 0.4) is 0 Å². The van der Waals surface area contributed by atoms with Crippen molar-refractivity contribution in [2.24, 2.45) is 0 Å². The van der Waals surface area contributed by atoms with Crippen LogP contribution in [-0.4, -0.2) is 38.0 Å². The molecule has 0 aliphatic carbocycles. The van der Waals surface area contributed by atoms with Crippen LogP contribution in [0.15, 0.2) is 30.3 Å². The quantitative estimate of drug-likeness (QED) is 0.601. The molecule has 1 N–H and O–H groups in total. The number of hydrogen-bond donors (Lipinski definition) is 1. The van der Waals surface area contributed by atoms with Crippen LogP contribution in [0.4, 0.5) is 9.39 Å². The largest absolute Gasteiger partial charge is 0.328 e. The Bertz CT molecular complexity index is 1200. The minimum atomic E-state index is -0.465. The number of carbonyl (C=O) groups excluding carboxylic acids is 2. The number of aromatic nitrogens is 3. The Hall–Kier alpha value is -3.07. The summed E-state index contributed by atoms with van der Waals surface area (Å²) in [5, 5.41) is 12.3. The predicted octanol–water partition coefficient (Wildman–Crippen LogP) is 4.74. The maximum Gasteiger partial charge on any atom is 0.264 e. The summed E-state index contributed by atoms with van der Waals surface area (Å²) < 4.78 is 15.7. The zero-order valence-corrected chi connectivity index (χ0v) is 19.3. The standard InChI is InChI=1S/C24H26FN5O2S/c1-15-13-20(26-23(31)16-7-5-8-17(25)14-16)33-21(15)24(32)29-12-6-9-18(29)22-28-27-19-10-3-2-4-11-30(19)22/h5,7-8,13-14,18H,2-4,6,9-12H2,1H3,(H,26,31). The summed E-state index contributed by atoms with van der Waals surface area (Å²) >= 11 is 1.25. The molecule has 2 aliphatic rings. The summed E-state index contributed by atoms with van der Waals surface area (Å²) in [5.41, 5.74) is 1.05. The van der Waals surface area contributed by atoms with Gasteiger partial charge in [-0.25, -0.2) is 4.39 Å². The second-order valence-corrected chi connectivity index (χ2v) is 9.73. The van der Waals surface area contributed by atoms with Crippen LogP contribution in [-0.2, 0) is 13.0 Å². The molecule has 3 aromatic rings. The first-order valence-electron chi connectivity index (χ1n) is 11.4. The van der Waals surface area contributed by atoms with Gasteiger partial charge < -0.3 is 14.8 Å². The van der Waals surface area contributed by atoms with Crippen molar-refractivity contribution in [3.05, 3.63) is 63.8 Å². The summed E-state index contributed by atoms with van der Waals surface area (Å²) in [5.74, 6) is 1.01. The number of carbonyl (C=O) groups is 2. The van der Waals surface area contributed by atoms with Crippen LogP contribution in [0.2, 0.25) is 0 Å². The fraction of sp³-hybridized carbons (Fsp3) is 0.417. The third kappa shape index (κ3) is 4.29. The van der Waals surface area contributed by atoms with Gasteiger partial charge in [-0.3, -0.25) is 9.59 Å². The molecule has 0 bridgehead atoms. The van der Waals surface area contributed by atoms with Crippen molar-refractivity contribution in [2.45, 2.75) is 58.0 Å². The van der Waals surface area contributed by atoms with Crippen molar-refractivity contribution >= 4 is 28.2 Å². The van der Waals surface area contributed by atoms with Gasteiger partial charge in [0.05, 0.1) is 15.9 Å². The molecule has 7 nitrogen and oxygen atoms in total.